The molecule has 4 N–H and O–H groups in total. The number of carbonyl (C=O) groups is 11. The Bertz CT molecular complexity index is 2790. The second-order valence-electron chi connectivity index (χ2n) is 28.1. The number of carbonyl (C=O) groups excluding carboxylic acids is 11. The van der Waals surface area contributed by atoms with Crippen LogP contribution in [0.4, 0.5) is 17.6 Å². The number of benzene rings is 1. The first-order valence-electron chi connectivity index (χ1n) is 33.2. The SMILES string of the molecule is CC[C@H](C)[C@@H]1NC(=O)[C@H](CC(C)C)N(C)C(=O)C[C@H]2CCCCN2C(=O)[C@H](CC(C)C)NC(=O)C(C)(C)N(C)C(=O)[C@H](CC(C)C)NC(=O)[C@H](CCc2ccc(C(F)(F)F)c(F)c2)NC(=O)CN(C)C(=O)[C@H](CC2CCCCC2)N(C)C(=O)CN(C)C(=O)CN(C)C1=O. The molecule has 1 aromatic rings. The number of nitrogens with zero attached hydrogens (tertiary/aromatic N) is 7. The molecule has 26 heteroatoms. The number of alkyl halides is 3. The number of halogens is 4. The second-order valence-corrected chi connectivity index (χ2v) is 28.1. The number of hydrogen-bond donors (Lipinski definition) is 4. The quantitative estimate of drug-likeness (QED) is 0.169. The van der Waals surface area contributed by atoms with E-state index in [9.17, 15) is 70.3 Å². The fourth-order valence-electron chi connectivity index (χ4n) is 12.4. The largest absolute Gasteiger partial charge is 0.419 e. The highest BCUT2D eigenvalue weighted by molar-refractivity contribution is 5.99. The van der Waals surface area contributed by atoms with Gasteiger partial charge in [0.1, 0.15) is 47.6 Å². The van der Waals surface area contributed by atoms with Crippen LogP contribution in [0.1, 0.15) is 177 Å². The van der Waals surface area contributed by atoms with Crippen molar-refractivity contribution in [1.82, 2.24) is 55.6 Å². The van der Waals surface area contributed by atoms with Gasteiger partial charge in [-0.15, -0.1) is 0 Å². The minimum absolute atomic E-state index is 0.00408. The summed E-state index contributed by atoms with van der Waals surface area (Å²) in [6.45, 7) is 16.2. The molecule has 1 aromatic carbocycles. The number of aryl methyl sites for hydroxylation is 1. The Morgan fingerprint density at radius 1 is 0.581 bits per heavy atom. The van der Waals surface area contributed by atoms with Crippen molar-refractivity contribution in [3.05, 3.63) is 35.1 Å². The number of likely N-dealkylation sites (N-methyl/N-ethyl adjacent to an activating group) is 6. The maximum atomic E-state index is 14.9. The zero-order valence-corrected chi connectivity index (χ0v) is 57.9. The number of amides is 11. The van der Waals surface area contributed by atoms with Crippen molar-refractivity contribution in [2.45, 2.75) is 226 Å². The van der Waals surface area contributed by atoms with Crippen molar-refractivity contribution in [1.29, 1.82) is 0 Å². The molecule has 524 valence electrons. The minimum atomic E-state index is -5.00. The Hall–Kier alpha value is -6.89. The summed E-state index contributed by atoms with van der Waals surface area (Å²) in [5, 5.41) is 11.2. The van der Waals surface area contributed by atoms with Gasteiger partial charge in [-0.05, 0) is 119 Å². The summed E-state index contributed by atoms with van der Waals surface area (Å²) in [6, 6.07) is -5.75. The maximum absolute atomic E-state index is 14.9. The molecule has 0 spiro atoms. The lowest BCUT2D eigenvalue weighted by atomic mass is 9.84. The van der Waals surface area contributed by atoms with Gasteiger partial charge in [0.2, 0.25) is 65.0 Å². The molecule has 0 aromatic heterocycles. The van der Waals surface area contributed by atoms with Crippen molar-refractivity contribution in [3.8, 4) is 0 Å². The predicted octanol–water partition coefficient (Wildman–Crippen LogP) is 5.92. The summed E-state index contributed by atoms with van der Waals surface area (Å²) in [4.78, 5) is 169. The van der Waals surface area contributed by atoms with Crippen molar-refractivity contribution in [2.24, 2.45) is 29.6 Å². The summed E-state index contributed by atoms with van der Waals surface area (Å²) in [7, 11) is 8.40. The molecule has 8 atom stereocenters. The second kappa shape index (κ2) is 35.0. The van der Waals surface area contributed by atoms with Gasteiger partial charge in [0.25, 0.3) is 0 Å². The first kappa shape index (κ1) is 78.6. The zero-order chi connectivity index (χ0) is 70.1. The molecule has 93 heavy (non-hydrogen) atoms. The van der Waals surface area contributed by atoms with Gasteiger partial charge in [-0.25, -0.2) is 4.39 Å². The fourth-order valence-corrected chi connectivity index (χ4v) is 12.4. The molecule has 11 amide bonds. The van der Waals surface area contributed by atoms with Crippen LogP contribution < -0.4 is 21.3 Å². The standard InChI is InChI=1S/C67H107F4N11O11/c1-17-43(8)58-64(92)78(13)38-56(85)76(11)39-57(86)80(15)53(35-44-23-19-18-20-24-44)63(91)77(12)37-54(83)72-49(29-27-45-26-28-47(48(68)34-45)67(69,70)71)59(87)73-50(31-40(2)3)61(89)81(16)66(9,10)65(93)74-51(32-41(4)5)62(90)82-30-22-21-25-46(82)36-55(84)79(14)52(33-42(6)7)60(88)75-58/h26,28,34,40-44,46,49-53,58H,17-25,27,29-33,35-39H2,1-16H3,(H,72,83)(H,73,87)(H,74,93)(H,75,88)/t43-,46+,49-,50-,51-,52-,53-,58-/m0/s1. The molecule has 3 aliphatic rings. The lowest BCUT2D eigenvalue weighted by Crippen LogP contribution is -2.63. The van der Waals surface area contributed by atoms with Crippen LogP contribution in [0.3, 0.4) is 0 Å². The van der Waals surface area contributed by atoms with Crippen LogP contribution in [-0.2, 0) is 65.3 Å². The average Bonchev–Trinajstić information content (AvgIpc) is 0.898. The molecule has 0 bridgehead atoms. The molecule has 22 nitrogen and oxygen atoms in total. The molecule has 0 unspecified atom stereocenters. The van der Waals surface area contributed by atoms with Gasteiger partial charge in [0.05, 0.1) is 25.2 Å². The van der Waals surface area contributed by atoms with E-state index >= 15 is 0 Å². The minimum Gasteiger partial charge on any atom is -0.343 e. The maximum Gasteiger partial charge on any atom is 0.419 e. The molecule has 2 heterocycles. The Kier molecular flexibility index (Phi) is 29.6. The number of piperidine rings is 1. The van der Waals surface area contributed by atoms with Crippen LogP contribution >= 0.6 is 0 Å². The molecular formula is C67H107F4N11O11. The van der Waals surface area contributed by atoms with Gasteiger partial charge < -0.3 is 55.6 Å². The van der Waals surface area contributed by atoms with Gasteiger partial charge in [0, 0.05) is 61.3 Å². The van der Waals surface area contributed by atoms with Gasteiger partial charge in [-0.1, -0.05) is 100.0 Å². The van der Waals surface area contributed by atoms with Crippen molar-refractivity contribution in [3.63, 3.8) is 0 Å². The first-order valence-corrected chi connectivity index (χ1v) is 33.2. The molecule has 3 fully saturated rings. The highest BCUT2D eigenvalue weighted by Gasteiger charge is 2.44. The predicted molar refractivity (Wildman–Crippen MR) is 343 cm³/mol. The lowest BCUT2D eigenvalue weighted by Gasteiger charge is -2.41. The van der Waals surface area contributed by atoms with Crippen LogP contribution in [-0.4, -0.2) is 216 Å². The Morgan fingerprint density at radius 2 is 1.14 bits per heavy atom. The normalized spacial score (nSPS) is 25.3. The highest BCUT2D eigenvalue weighted by atomic mass is 19.4. The Morgan fingerprint density at radius 3 is 1.71 bits per heavy atom. The van der Waals surface area contributed by atoms with Gasteiger partial charge in [-0.2, -0.15) is 13.2 Å². The van der Waals surface area contributed by atoms with Gasteiger partial charge in [-0.3, -0.25) is 52.7 Å². The third-order valence-corrected chi connectivity index (χ3v) is 18.8. The molecule has 1 aliphatic carbocycles. The van der Waals surface area contributed by atoms with E-state index in [4.69, 9.17) is 0 Å². The van der Waals surface area contributed by atoms with Crippen LogP contribution in [0.5, 0.6) is 0 Å². The monoisotopic (exact) mass is 1320 g/mol. The number of fused-ring (bicyclic) bond motifs is 1. The van der Waals surface area contributed by atoms with Crippen LogP contribution in [0.2, 0.25) is 0 Å². The van der Waals surface area contributed by atoms with E-state index in [-0.39, 0.29) is 80.7 Å². The number of nitrogens with one attached hydrogen (secondary N) is 4. The smallest absolute Gasteiger partial charge is 0.343 e. The van der Waals surface area contributed by atoms with Crippen molar-refractivity contribution < 1.29 is 70.3 Å². The summed E-state index contributed by atoms with van der Waals surface area (Å²) in [5.74, 6) is -9.80. The summed E-state index contributed by atoms with van der Waals surface area (Å²) in [6.07, 6.45) is 1.26. The molecule has 2 aliphatic heterocycles. The highest BCUT2D eigenvalue weighted by Crippen LogP contribution is 2.33. The topological polar surface area (TPSA) is 259 Å². The van der Waals surface area contributed by atoms with Crippen molar-refractivity contribution in [2.75, 3.05) is 68.5 Å². The molecule has 1 saturated carbocycles. The van der Waals surface area contributed by atoms with E-state index < -0.39 is 156 Å². The number of hydrogen-bond acceptors (Lipinski definition) is 11. The zero-order valence-electron chi connectivity index (χ0n) is 57.9. The van der Waals surface area contributed by atoms with Crippen LogP contribution in [0.15, 0.2) is 18.2 Å². The summed E-state index contributed by atoms with van der Waals surface area (Å²) >= 11 is 0. The number of rotatable bonds is 13. The first-order chi connectivity index (χ1) is 43.3. The van der Waals surface area contributed by atoms with E-state index in [1.54, 1.807) is 25.7 Å². The Balaban J connectivity index is 1.84. The van der Waals surface area contributed by atoms with Crippen LogP contribution in [0.25, 0.3) is 0 Å². The average molecular weight is 1320 g/mol. The molecule has 4 rings (SSSR count). The van der Waals surface area contributed by atoms with Gasteiger partial charge >= 0.3 is 6.18 Å². The third-order valence-electron chi connectivity index (χ3n) is 18.8. The van der Waals surface area contributed by atoms with E-state index in [1.807, 2.05) is 34.6 Å². The van der Waals surface area contributed by atoms with Crippen molar-refractivity contribution >= 4 is 65.0 Å². The van der Waals surface area contributed by atoms with E-state index in [2.05, 4.69) is 21.3 Å². The third kappa shape index (κ3) is 22.4. The summed E-state index contributed by atoms with van der Waals surface area (Å²) in [5.41, 5.74) is -3.17. The van der Waals surface area contributed by atoms with E-state index in [0.717, 1.165) is 57.8 Å². The van der Waals surface area contributed by atoms with E-state index in [0.29, 0.717) is 37.8 Å². The molecular weight excluding hydrogens is 1210 g/mol. The molecule has 2 saturated heterocycles. The van der Waals surface area contributed by atoms with E-state index in [1.165, 1.54) is 65.9 Å². The lowest BCUT2D eigenvalue weighted by molar-refractivity contribution is -0.149. The summed E-state index contributed by atoms with van der Waals surface area (Å²) < 4.78 is 55.8. The Labute approximate surface area is 548 Å². The van der Waals surface area contributed by atoms with Gasteiger partial charge in [0.15, 0.2) is 0 Å². The molecule has 0 radical (unpaired) electrons. The fraction of sp³-hybridized carbons (Fsp3) is 0.746. The van der Waals surface area contributed by atoms with Crippen LogP contribution in [0, 0.1) is 35.4 Å².